The Morgan fingerprint density at radius 3 is 2.60 bits per heavy atom. The Labute approximate surface area is 123 Å². The van der Waals surface area contributed by atoms with Crippen molar-refractivity contribution in [3.8, 4) is 5.75 Å². The Hall–Kier alpha value is -1.42. The lowest BCUT2D eigenvalue weighted by Gasteiger charge is -2.24. The van der Waals surface area contributed by atoms with Crippen LogP contribution in [-0.2, 0) is 11.2 Å². The summed E-state index contributed by atoms with van der Waals surface area (Å²) in [5, 5.41) is 10.1. The molecule has 1 aromatic rings. The first kappa shape index (κ1) is 16.6. The largest absolute Gasteiger partial charge is 0.507 e. The number of rotatable bonds is 6. The van der Waals surface area contributed by atoms with Gasteiger partial charge in [0.1, 0.15) is 5.75 Å². The van der Waals surface area contributed by atoms with Crippen molar-refractivity contribution in [2.24, 2.45) is 0 Å². The summed E-state index contributed by atoms with van der Waals surface area (Å²) >= 11 is 0. The predicted molar refractivity (Wildman–Crippen MR) is 87.3 cm³/mol. The molecule has 3 nitrogen and oxygen atoms in total. The fourth-order valence-corrected chi connectivity index (χ4v) is 2.34. The Kier molecular flexibility index (Phi) is 5.69. The number of hydrogen-bond acceptors (Lipinski definition) is 3. The van der Waals surface area contributed by atoms with Crippen molar-refractivity contribution in [1.29, 1.82) is 0 Å². The number of carbonyl (C=O) groups is 1. The SMILES string of the molecule is C=CCc1ccc(C(=O)OCCS(C)(C)C)c(C)c1O. The van der Waals surface area contributed by atoms with E-state index in [2.05, 4.69) is 25.3 Å². The normalized spacial score (nSPS) is 12.0. The van der Waals surface area contributed by atoms with Gasteiger partial charge in [-0.1, -0.05) is 12.1 Å². The molecule has 0 radical (unpaired) electrons. The molecule has 0 aromatic heterocycles. The molecule has 4 heteroatoms. The number of carbonyl (C=O) groups excluding carboxylic acids is 1. The van der Waals surface area contributed by atoms with E-state index < -0.39 is 10.0 Å². The molecule has 1 rings (SSSR count). The van der Waals surface area contributed by atoms with Crippen molar-refractivity contribution in [2.75, 3.05) is 31.1 Å². The van der Waals surface area contributed by atoms with Crippen molar-refractivity contribution in [2.45, 2.75) is 13.3 Å². The highest BCUT2D eigenvalue weighted by molar-refractivity contribution is 8.32. The number of phenols is 1. The second-order valence-corrected chi connectivity index (χ2v) is 10.3. The zero-order chi connectivity index (χ0) is 15.3. The topological polar surface area (TPSA) is 46.5 Å². The molecule has 1 N–H and O–H groups in total. The number of hydrogen-bond donors (Lipinski definition) is 1. The summed E-state index contributed by atoms with van der Waals surface area (Å²) in [7, 11) is -0.672. The second kappa shape index (κ2) is 6.84. The molecule has 0 bridgehead atoms. The lowest BCUT2D eigenvalue weighted by molar-refractivity contribution is 0.0528. The van der Waals surface area contributed by atoms with Gasteiger partial charge in [0, 0.05) is 11.3 Å². The van der Waals surface area contributed by atoms with Gasteiger partial charge in [0.15, 0.2) is 0 Å². The minimum absolute atomic E-state index is 0.154. The van der Waals surface area contributed by atoms with Crippen LogP contribution in [0.15, 0.2) is 24.8 Å². The highest BCUT2D eigenvalue weighted by Gasteiger charge is 2.16. The highest BCUT2D eigenvalue weighted by atomic mass is 32.3. The van der Waals surface area contributed by atoms with Gasteiger partial charge in [-0.3, -0.25) is 0 Å². The van der Waals surface area contributed by atoms with E-state index in [1.165, 1.54) is 0 Å². The van der Waals surface area contributed by atoms with Crippen molar-refractivity contribution < 1.29 is 14.6 Å². The Balaban J connectivity index is 2.79. The first-order valence-corrected chi connectivity index (χ1v) is 9.54. The molecule has 0 amide bonds. The van der Waals surface area contributed by atoms with Gasteiger partial charge in [-0.25, -0.2) is 14.8 Å². The first-order valence-electron chi connectivity index (χ1n) is 6.51. The van der Waals surface area contributed by atoms with Crippen molar-refractivity contribution in [1.82, 2.24) is 0 Å². The Bertz CT molecular complexity index is 501. The molecular weight excluding hydrogens is 272 g/mol. The lowest BCUT2D eigenvalue weighted by atomic mass is 10.0. The van der Waals surface area contributed by atoms with E-state index in [-0.39, 0.29) is 11.7 Å². The molecule has 0 aliphatic carbocycles. The van der Waals surface area contributed by atoms with E-state index in [0.717, 1.165) is 11.3 Å². The Morgan fingerprint density at radius 2 is 2.05 bits per heavy atom. The molecule has 0 unspecified atom stereocenters. The van der Waals surface area contributed by atoms with Crippen LogP contribution in [-0.4, -0.2) is 42.2 Å². The minimum atomic E-state index is -0.672. The van der Waals surface area contributed by atoms with Crippen LogP contribution in [0, 0.1) is 6.92 Å². The Morgan fingerprint density at radius 1 is 1.40 bits per heavy atom. The van der Waals surface area contributed by atoms with Crippen LogP contribution in [0.2, 0.25) is 0 Å². The van der Waals surface area contributed by atoms with Gasteiger partial charge < -0.3 is 9.84 Å². The van der Waals surface area contributed by atoms with Crippen LogP contribution in [0.3, 0.4) is 0 Å². The lowest BCUT2D eigenvalue weighted by Crippen LogP contribution is -2.13. The van der Waals surface area contributed by atoms with Crippen LogP contribution in [0.5, 0.6) is 5.75 Å². The molecule has 20 heavy (non-hydrogen) atoms. The quantitative estimate of drug-likeness (QED) is 0.647. The summed E-state index contributed by atoms with van der Waals surface area (Å²) in [5.74, 6) is 0.672. The van der Waals surface area contributed by atoms with E-state index in [9.17, 15) is 9.90 Å². The number of ether oxygens (including phenoxy) is 1. The molecule has 1 aromatic carbocycles. The molecule has 0 aliphatic rings. The zero-order valence-corrected chi connectivity index (χ0v) is 13.5. The summed E-state index contributed by atoms with van der Waals surface area (Å²) < 4.78 is 5.29. The fraction of sp³-hybridized carbons (Fsp3) is 0.438. The summed E-state index contributed by atoms with van der Waals surface area (Å²) in [6.07, 6.45) is 8.85. The number of phenolic OH excluding ortho intramolecular Hbond substituents is 1. The van der Waals surface area contributed by atoms with E-state index in [1.54, 1.807) is 25.1 Å². The molecule has 0 saturated heterocycles. The van der Waals surface area contributed by atoms with Gasteiger partial charge in [-0.15, -0.1) is 6.58 Å². The molecule has 0 heterocycles. The number of benzene rings is 1. The maximum absolute atomic E-state index is 12.0. The fourth-order valence-electron chi connectivity index (χ4n) is 1.76. The van der Waals surface area contributed by atoms with Crippen LogP contribution in [0.25, 0.3) is 0 Å². The van der Waals surface area contributed by atoms with E-state index in [0.29, 0.717) is 24.2 Å². The predicted octanol–water partition coefficient (Wildman–Crippen LogP) is 3.28. The molecule has 0 atom stereocenters. The minimum Gasteiger partial charge on any atom is -0.507 e. The van der Waals surface area contributed by atoms with Crippen molar-refractivity contribution >= 4 is 16.0 Å². The molecule has 0 aliphatic heterocycles. The third kappa shape index (κ3) is 4.60. The average molecular weight is 296 g/mol. The van der Waals surface area contributed by atoms with Gasteiger partial charge in [-0.2, -0.15) is 0 Å². The summed E-state index contributed by atoms with van der Waals surface area (Å²) in [6, 6.07) is 3.45. The molecule has 0 saturated carbocycles. The van der Waals surface area contributed by atoms with Crippen molar-refractivity contribution in [3.63, 3.8) is 0 Å². The smallest absolute Gasteiger partial charge is 0.338 e. The van der Waals surface area contributed by atoms with Gasteiger partial charge in [0.25, 0.3) is 0 Å². The molecular formula is C16H24O3S. The standard InChI is InChI=1S/C16H24O3S/c1-6-7-13-8-9-14(12(2)15(13)17)16(18)19-10-11-20(3,4)5/h6,8-9,17H,1,7,10-11H2,2-5H3. The summed E-state index contributed by atoms with van der Waals surface area (Å²) in [6.45, 7) is 5.80. The molecule has 0 spiro atoms. The van der Waals surface area contributed by atoms with E-state index >= 15 is 0 Å². The maximum atomic E-state index is 12.0. The molecule has 0 fully saturated rings. The maximum Gasteiger partial charge on any atom is 0.338 e. The number of allylic oxidation sites excluding steroid dienone is 1. The zero-order valence-electron chi connectivity index (χ0n) is 12.7. The second-order valence-electron chi connectivity index (χ2n) is 5.67. The van der Waals surface area contributed by atoms with Crippen LogP contribution in [0.4, 0.5) is 0 Å². The van der Waals surface area contributed by atoms with Gasteiger partial charge in [0.2, 0.25) is 0 Å². The highest BCUT2D eigenvalue weighted by Crippen LogP contribution is 2.33. The van der Waals surface area contributed by atoms with Crippen molar-refractivity contribution in [3.05, 3.63) is 41.5 Å². The summed E-state index contributed by atoms with van der Waals surface area (Å²) in [4.78, 5) is 12.0. The first-order chi connectivity index (χ1) is 9.26. The van der Waals surface area contributed by atoms with E-state index in [1.807, 2.05) is 0 Å². The number of esters is 1. The van der Waals surface area contributed by atoms with Gasteiger partial charge >= 0.3 is 5.97 Å². The van der Waals surface area contributed by atoms with Gasteiger partial charge in [-0.05, 0) is 43.7 Å². The monoisotopic (exact) mass is 296 g/mol. The summed E-state index contributed by atoms with van der Waals surface area (Å²) in [5.41, 5.74) is 1.77. The third-order valence-corrected chi connectivity index (χ3v) is 4.42. The van der Waals surface area contributed by atoms with Gasteiger partial charge in [0.05, 0.1) is 12.2 Å². The van der Waals surface area contributed by atoms with Crippen LogP contribution in [0.1, 0.15) is 21.5 Å². The molecule has 112 valence electrons. The van der Waals surface area contributed by atoms with Crippen LogP contribution >= 0.6 is 10.0 Å². The average Bonchev–Trinajstić information content (AvgIpc) is 2.33. The number of aromatic hydroxyl groups is 1. The van der Waals surface area contributed by atoms with E-state index in [4.69, 9.17) is 4.74 Å². The third-order valence-electron chi connectivity index (χ3n) is 3.03. The van der Waals surface area contributed by atoms with Crippen LogP contribution < -0.4 is 0 Å².